The number of aryl methyl sites for hydroxylation is 1. The summed E-state index contributed by atoms with van der Waals surface area (Å²) in [5.41, 5.74) is -2.48. The van der Waals surface area contributed by atoms with Gasteiger partial charge in [-0.2, -0.15) is 26.3 Å². The van der Waals surface area contributed by atoms with Crippen LogP contribution in [-0.4, -0.2) is 27.3 Å². The van der Waals surface area contributed by atoms with Crippen LogP contribution in [0.15, 0.2) is 18.2 Å². The Hall–Kier alpha value is -1.32. The van der Waals surface area contributed by atoms with Crippen molar-refractivity contribution < 1.29 is 40.6 Å². The van der Waals surface area contributed by atoms with Crippen LogP contribution >= 0.6 is 0 Å². The van der Waals surface area contributed by atoms with E-state index >= 15 is 0 Å². The predicted octanol–water partition coefficient (Wildman–Crippen LogP) is 9.18. The molecule has 0 aliphatic carbocycles. The molecule has 0 aliphatic rings. The molecule has 36 heavy (non-hydrogen) atoms. The van der Waals surface area contributed by atoms with Crippen LogP contribution in [0.5, 0.6) is 0 Å². The highest BCUT2D eigenvalue weighted by molar-refractivity contribution is 5.33. The molecule has 0 saturated carbocycles. The summed E-state index contributed by atoms with van der Waals surface area (Å²) < 4.78 is 95.1. The molecule has 0 aromatic heterocycles. The Labute approximate surface area is 211 Å². The van der Waals surface area contributed by atoms with E-state index in [0.29, 0.717) is 12.8 Å². The molecule has 1 atom stereocenters. The predicted molar refractivity (Wildman–Crippen MR) is 128 cm³/mol. The Balaban J connectivity index is 2.62. The van der Waals surface area contributed by atoms with Crippen LogP contribution in [0.1, 0.15) is 101 Å². The minimum absolute atomic E-state index is 0.0153. The lowest BCUT2D eigenvalue weighted by Gasteiger charge is -2.36. The molecule has 0 spiro atoms. The largest absolute Gasteiger partial charge is 0.416 e. The number of hydrogen-bond acceptors (Lipinski definition) is 3. The Bertz CT molecular complexity index is 689. The van der Waals surface area contributed by atoms with E-state index in [2.05, 4.69) is 6.92 Å². The van der Waals surface area contributed by atoms with Crippen molar-refractivity contribution in [3.05, 3.63) is 34.9 Å². The van der Waals surface area contributed by atoms with Crippen molar-refractivity contribution >= 4 is 0 Å². The van der Waals surface area contributed by atoms with Gasteiger partial charge in [-0.05, 0) is 49.4 Å². The number of halogens is 6. The van der Waals surface area contributed by atoms with E-state index in [-0.39, 0.29) is 24.0 Å². The highest BCUT2D eigenvalue weighted by Crippen LogP contribution is 2.37. The third-order valence-corrected chi connectivity index (χ3v) is 6.68. The number of alkyl halides is 6. The maximum Gasteiger partial charge on any atom is 0.416 e. The van der Waals surface area contributed by atoms with Crippen LogP contribution in [0.3, 0.4) is 0 Å². The lowest BCUT2D eigenvalue weighted by atomic mass is 9.91. The van der Waals surface area contributed by atoms with Crippen LogP contribution in [0.4, 0.5) is 26.3 Å². The summed E-state index contributed by atoms with van der Waals surface area (Å²) in [6.07, 6.45) is 2.00. The summed E-state index contributed by atoms with van der Waals surface area (Å²) in [5, 5.41) is 0. The molecule has 1 aromatic rings. The number of hydrogen-bond donors (Lipinski definition) is 0. The normalized spacial score (nSPS) is 13.8. The molecular formula is C27H42F6O3. The van der Waals surface area contributed by atoms with Crippen LogP contribution < -0.4 is 0 Å². The molecule has 3 nitrogen and oxygen atoms in total. The molecule has 210 valence electrons. The van der Waals surface area contributed by atoms with Gasteiger partial charge < -0.3 is 14.2 Å². The van der Waals surface area contributed by atoms with E-state index in [1.165, 1.54) is 25.7 Å². The molecule has 0 amide bonds. The molecule has 1 rings (SSSR count). The Morgan fingerprint density at radius 3 is 1.44 bits per heavy atom. The zero-order valence-corrected chi connectivity index (χ0v) is 22.0. The maximum atomic E-state index is 13.1. The highest BCUT2D eigenvalue weighted by atomic mass is 19.4. The van der Waals surface area contributed by atoms with Gasteiger partial charge in [0, 0.05) is 27.2 Å². The Morgan fingerprint density at radius 2 is 1.03 bits per heavy atom. The number of benzene rings is 1. The molecular weight excluding hydrogens is 486 g/mol. The first-order valence-electron chi connectivity index (χ1n) is 12.9. The van der Waals surface area contributed by atoms with E-state index in [1.54, 1.807) is 21.3 Å². The van der Waals surface area contributed by atoms with Crippen molar-refractivity contribution in [1.82, 2.24) is 0 Å². The van der Waals surface area contributed by atoms with Gasteiger partial charge in [0.2, 0.25) is 0 Å². The summed E-state index contributed by atoms with van der Waals surface area (Å²) in [5.74, 6) is -1.11. The number of methoxy groups -OCH3 is 3. The molecule has 0 aliphatic heterocycles. The van der Waals surface area contributed by atoms with Crippen LogP contribution in [0.25, 0.3) is 0 Å². The summed E-state index contributed by atoms with van der Waals surface area (Å²) in [6.45, 7) is 2.18. The quantitative estimate of drug-likeness (QED) is 0.108. The van der Waals surface area contributed by atoms with Crippen molar-refractivity contribution in [3.8, 4) is 0 Å². The average molecular weight is 529 g/mol. The van der Waals surface area contributed by atoms with Crippen molar-refractivity contribution in [2.24, 2.45) is 5.92 Å². The molecule has 1 aromatic carbocycles. The second kappa shape index (κ2) is 15.8. The lowest BCUT2D eigenvalue weighted by molar-refractivity contribution is -0.380. The van der Waals surface area contributed by atoms with Gasteiger partial charge in [-0.1, -0.05) is 64.7 Å². The standard InChI is InChI=1S/C27H42F6O3/c1-5-6-7-8-9-13-16-22(27(34-2,35-3)36-4)17-14-11-10-12-15-21-18-23(25(28,29)30)20-24(19-21)26(31,32)33/h18-20,22H,5-17H2,1-4H3. The minimum atomic E-state index is -4.82. The first-order chi connectivity index (χ1) is 16.9. The third-order valence-electron chi connectivity index (χ3n) is 6.68. The number of unbranched alkanes of at least 4 members (excludes halogenated alkanes) is 8. The molecule has 0 fully saturated rings. The average Bonchev–Trinajstić information content (AvgIpc) is 2.82. The summed E-state index contributed by atoms with van der Waals surface area (Å²) in [7, 11) is 4.64. The van der Waals surface area contributed by atoms with Gasteiger partial charge in [-0.25, -0.2) is 0 Å². The Morgan fingerprint density at radius 1 is 0.611 bits per heavy atom. The molecule has 0 heterocycles. The zero-order chi connectivity index (χ0) is 27.2. The third kappa shape index (κ3) is 11.0. The highest BCUT2D eigenvalue weighted by Gasteiger charge is 2.39. The van der Waals surface area contributed by atoms with Gasteiger partial charge in [-0.3, -0.25) is 0 Å². The molecule has 1 unspecified atom stereocenters. The number of rotatable bonds is 18. The second-order valence-corrected chi connectivity index (χ2v) is 9.34. The first-order valence-corrected chi connectivity index (χ1v) is 12.9. The molecule has 0 N–H and O–H groups in total. The van der Waals surface area contributed by atoms with Crippen LogP contribution in [-0.2, 0) is 33.0 Å². The van der Waals surface area contributed by atoms with Gasteiger partial charge in [-0.15, -0.1) is 0 Å². The fourth-order valence-corrected chi connectivity index (χ4v) is 4.66. The molecule has 0 saturated heterocycles. The molecule has 0 radical (unpaired) electrons. The molecule has 0 bridgehead atoms. The number of ether oxygens (including phenoxy) is 3. The van der Waals surface area contributed by atoms with E-state index in [4.69, 9.17) is 14.2 Å². The van der Waals surface area contributed by atoms with Gasteiger partial charge >= 0.3 is 12.4 Å². The van der Waals surface area contributed by atoms with Crippen molar-refractivity contribution in [3.63, 3.8) is 0 Å². The smallest absolute Gasteiger partial charge is 0.331 e. The summed E-state index contributed by atoms with van der Waals surface area (Å²) in [6, 6.07) is 1.80. The topological polar surface area (TPSA) is 27.7 Å². The first kappa shape index (κ1) is 32.7. The van der Waals surface area contributed by atoms with Crippen molar-refractivity contribution in [2.45, 2.75) is 109 Å². The summed E-state index contributed by atoms with van der Waals surface area (Å²) in [4.78, 5) is 0. The van der Waals surface area contributed by atoms with E-state index in [9.17, 15) is 26.3 Å². The second-order valence-electron chi connectivity index (χ2n) is 9.34. The van der Waals surface area contributed by atoms with Crippen molar-refractivity contribution in [2.75, 3.05) is 21.3 Å². The zero-order valence-electron chi connectivity index (χ0n) is 22.0. The fraction of sp³-hybridized carbons (Fsp3) is 0.778. The van der Waals surface area contributed by atoms with Crippen LogP contribution in [0.2, 0.25) is 0 Å². The van der Waals surface area contributed by atoms with E-state index in [0.717, 1.165) is 50.7 Å². The van der Waals surface area contributed by atoms with E-state index < -0.39 is 29.5 Å². The Kier molecular flexibility index (Phi) is 14.4. The van der Waals surface area contributed by atoms with Gasteiger partial charge in [0.25, 0.3) is 5.97 Å². The SMILES string of the molecule is CCCCCCCCC(CCCCCCc1cc(C(F)(F)F)cc(C(F)(F)F)c1)C(OC)(OC)OC. The van der Waals surface area contributed by atoms with Crippen LogP contribution in [0, 0.1) is 5.92 Å². The van der Waals surface area contributed by atoms with Crippen molar-refractivity contribution in [1.29, 1.82) is 0 Å². The van der Waals surface area contributed by atoms with Gasteiger partial charge in [0.1, 0.15) is 0 Å². The lowest BCUT2D eigenvalue weighted by Crippen LogP contribution is -2.44. The fourth-order valence-electron chi connectivity index (χ4n) is 4.66. The monoisotopic (exact) mass is 528 g/mol. The molecule has 9 heteroatoms. The maximum absolute atomic E-state index is 13.1. The van der Waals surface area contributed by atoms with Gasteiger partial charge in [0.05, 0.1) is 11.1 Å². The minimum Gasteiger partial charge on any atom is -0.331 e. The summed E-state index contributed by atoms with van der Waals surface area (Å²) >= 11 is 0. The van der Waals surface area contributed by atoms with Gasteiger partial charge in [0.15, 0.2) is 0 Å². The van der Waals surface area contributed by atoms with E-state index in [1.807, 2.05) is 0 Å².